The van der Waals surface area contributed by atoms with Crippen LogP contribution in [0.5, 0.6) is 0 Å². The van der Waals surface area contributed by atoms with Crippen molar-refractivity contribution in [1.82, 2.24) is 10.2 Å². The molecule has 1 heterocycles. The summed E-state index contributed by atoms with van der Waals surface area (Å²) in [7, 11) is 1.70. The summed E-state index contributed by atoms with van der Waals surface area (Å²) in [6.45, 7) is 3.68. The Labute approximate surface area is 146 Å². The first-order chi connectivity index (χ1) is 10.6. The summed E-state index contributed by atoms with van der Waals surface area (Å²) in [6, 6.07) is 7.84. The molecule has 1 unspecified atom stereocenters. The number of nitrogens with one attached hydrogen (secondary N) is 1. The van der Waals surface area contributed by atoms with E-state index in [9.17, 15) is 0 Å². The van der Waals surface area contributed by atoms with E-state index in [2.05, 4.69) is 17.1 Å². The number of benzene rings is 1. The monoisotopic (exact) mass is 357 g/mol. The van der Waals surface area contributed by atoms with Crippen LogP contribution in [0.2, 0.25) is 5.02 Å². The number of halogens is 1. The highest BCUT2D eigenvalue weighted by atomic mass is 35.5. The fourth-order valence-electron chi connectivity index (χ4n) is 2.02. The van der Waals surface area contributed by atoms with Crippen LogP contribution in [0.25, 0.3) is 0 Å². The number of ether oxygens (including phenoxy) is 1. The third-order valence-electron chi connectivity index (χ3n) is 3.17. The van der Waals surface area contributed by atoms with Gasteiger partial charge in [-0.25, -0.2) is 4.99 Å². The van der Waals surface area contributed by atoms with Gasteiger partial charge in [-0.2, -0.15) is 0 Å². The molecule has 0 radical (unpaired) electrons. The number of hydrogen-bond acceptors (Lipinski definition) is 4. The van der Waals surface area contributed by atoms with Gasteiger partial charge in [-0.1, -0.05) is 23.4 Å². The molecule has 0 saturated carbocycles. The molecule has 1 aromatic rings. The number of thioether (sulfide) groups is 1. The predicted molar refractivity (Wildman–Crippen MR) is 99.4 cm³/mol. The first-order valence-corrected chi connectivity index (χ1v) is 8.92. The van der Waals surface area contributed by atoms with Crippen molar-refractivity contribution < 1.29 is 4.74 Å². The molecule has 1 N–H and O–H groups in total. The molecule has 1 aromatic carbocycles. The van der Waals surface area contributed by atoms with Crippen LogP contribution < -0.4 is 5.32 Å². The summed E-state index contributed by atoms with van der Waals surface area (Å²) in [4.78, 5) is 6.78. The zero-order valence-electron chi connectivity index (χ0n) is 12.7. The van der Waals surface area contributed by atoms with Crippen molar-refractivity contribution in [3.8, 4) is 0 Å². The largest absolute Gasteiger partial charge is 0.385 e. The normalized spacial score (nSPS) is 19.7. The molecular formula is C15H20ClN3OS2. The van der Waals surface area contributed by atoms with Gasteiger partial charge >= 0.3 is 0 Å². The molecule has 0 bridgehead atoms. The Morgan fingerprint density at radius 2 is 2.23 bits per heavy atom. The molecule has 1 aliphatic heterocycles. The zero-order chi connectivity index (χ0) is 15.9. The smallest absolute Gasteiger partial charge is 0.175 e. The van der Waals surface area contributed by atoms with Gasteiger partial charge in [0.25, 0.3) is 0 Å². The van der Waals surface area contributed by atoms with Crippen molar-refractivity contribution >= 4 is 51.5 Å². The van der Waals surface area contributed by atoms with Crippen LogP contribution >= 0.6 is 35.6 Å². The van der Waals surface area contributed by atoms with Crippen LogP contribution in [0.1, 0.15) is 13.3 Å². The molecule has 0 amide bonds. The van der Waals surface area contributed by atoms with Gasteiger partial charge in [-0.05, 0) is 49.8 Å². The number of amidine groups is 1. The Bertz CT molecular complexity index is 536. The minimum Gasteiger partial charge on any atom is -0.385 e. The van der Waals surface area contributed by atoms with Crippen LogP contribution in [-0.2, 0) is 4.74 Å². The van der Waals surface area contributed by atoms with Crippen LogP contribution in [-0.4, -0.2) is 47.2 Å². The van der Waals surface area contributed by atoms with Gasteiger partial charge in [0.05, 0.1) is 5.69 Å². The van der Waals surface area contributed by atoms with Crippen molar-refractivity contribution in [2.75, 3.05) is 26.0 Å². The van der Waals surface area contributed by atoms with Crippen LogP contribution in [0.4, 0.5) is 5.69 Å². The highest BCUT2D eigenvalue weighted by Crippen LogP contribution is 2.27. The van der Waals surface area contributed by atoms with Crippen molar-refractivity contribution in [3.63, 3.8) is 0 Å². The standard InChI is InChI=1S/C15H20ClN3OS2/c1-11-10-22-15(18-13-6-4-12(16)5-7-13)19(11)14(21)17-8-3-9-20-2/h4-7,11H,3,8-10H2,1-2H3,(H,17,21). The van der Waals surface area contributed by atoms with Crippen LogP contribution in [0.3, 0.4) is 0 Å². The molecule has 1 atom stereocenters. The summed E-state index contributed by atoms with van der Waals surface area (Å²) in [5.74, 6) is 0.978. The van der Waals surface area contributed by atoms with E-state index in [0.29, 0.717) is 11.1 Å². The van der Waals surface area contributed by atoms with E-state index in [-0.39, 0.29) is 0 Å². The minimum absolute atomic E-state index is 0.332. The number of thiocarbonyl (C=S) groups is 1. The third kappa shape index (κ3) is 4.84. The highest BCUT2D eigenvalue weighted by Gasteiger charge is 2.29. The summed E-state index contributed by atoms with van der Waals surface area (Å²) >= 11 is 13.1. The van der Waals surface area contributed by atoms with E-state index in [1.807, 2.05) is 24.3 Å². The van der Waals surface area contributed by atoms with Crippen LogP contribution in [0, 0.1) is 0 Å². The van der Waals surface area contributed by atoms with E-state index >= 15 is 0 Å². The molecule has 1 aliphatic rings. The first kappa shape index (κ1) is 17.5. The molecule has 4 nitrogen and oxygen atoms in total. The molecular weight excluding hydrogens is 338 g/mol. The summed E-state index contributed by atoms with van der Waals surface area (Å²) in [6.07, 6.45) is 0.926. The lowest BCUT2D eigenvalue weighted by atomic mass is 10.3. The second kappa shape index (κ2) is 8.72. The zero-order valence-corrected chi connectivity index (χ0v) is 15.1. The van der Waals surface area contributed by atoms with Gasteiger partial charge in [0.1, 0.15) is 0 Å². The molecule has 0 aliphatic carbocycles. The van der Waals surface area contributed by atoms with Gasteiger partial charge in [-0.3, -0.25) is 4.90 Å². The number of methoxy groups -OCH3 is 1. The van der Waals surface area contributed by atoms with E-state index in [4.69, 9.17) is 33.5 Å². The molecule has 0 spiro atoms. The number of hydrogen-bond donors (Lipinski definition) is 1. The Morgan fingerprint density at radius 1 is 1.50 bits per heavy atom. The fourth-order valence-corrected chi connectivity index (χ4v) is 3.70. The lowest BCUT2D eigenvalue weighted by molar-refractivity contribution is 0.195. The van der Waals surface area contributed by atoms with Crippen molar-refractivity contribution in [1.29, 1.82) is 0 Å². The average Bonchev–Trinajstić information content (AvgIpc) is 2.87. The van der Waals surface area contributed by atoms with E-state index in [1.54, 1.807) is 18.9 Å². The number of nitrogens with zero attached hydrogens (tertiary/aromatic N) is 2. The minimum atomic E-state index is 0.332. The van der Waals surface area contributed by atoms with E-state index in [1.165, 1.54) is 0 Å². The Balaban J connectivity index is 2.03. The quantitative estimate of drug-likeness (QED) is 0.642. The van der Waals surface area contributed by atoms with E-state index < -0.39 is 0 Å². The Kier molecular flexibility index (Phi) is 6.95. The summed E-state index contributed by atoms with van der Waals surface area (Å²) < 4.78 is 5.04. The Morgan fingerprint density at radius 3 is 2.91 bits per heavy atom. The maximum absolute atomic E-state index is 5.91. The average molecular weight is 358 g/mol. The van der Waals surface area contributed by atoms with Crippen molar-refractivity contribution in [3.05, 3.63) is 29.3 Å². The lowest BCUT2D eigenvalue weighted by Gasteiger charge is -2.24. The van der Waals surface area contributed by atoms with Crippen molar-refractivity contribution in [2.45, 2.75) is 19.4 Å². The van der Waals surface area contributed by atoms with E-state index in [0.717, 1.165) is 41.3 Å². The SMILES string of the molecule is COCCCNC(=S)N1C(=Nc2ccc(Cl)cc2)SCC1C. The first-order valence-electron chi connectivity index (χ1n) is 7.15. The molecule has 1 saturated heterocycles. The van der Waals surface area contributed by atoms with Crippen LogP contribution in [0.15, 0.2) is 29.3 Å². The predicted octanol–water partition coefficient (Wildman–Crippen LogP) is 3.68. The molecule has 22 heavy (non-hydrogen) atoms. The number of rotatable bonds is 5. The Hall–Kier alpha value is -0.820. The van der Waals surface area contributed by atoms with Crippen molar-refractivity contribution in [2.24, 2.45) is 4.99 Å². The molecule has 2 rings (SSSR count). The van der Waals surface area contributed by atoms with Gasteiger partial charge in [0.15, 0.2) is 10.3 Å². The maximum atomic E-state index is 5.91. The highest BCUT2D eigenvalue weighted by molar-refractivity contribution is 8.14. The maximum Gasteiger partial charge on any atom is 0.175 e. The second-order valence-corrected chi connectivity index (χ2v) is 6.79. The molecule has 1 fully saturated rings. The summed E-state index contributed by atoms with van der Waals surface area (Å²) in [5, 5.41) is 5.64. The molecule has 120 valence electrons. The topological polar surface area (TPSA) is 36.9 Å². The lowest BCUT2D eigenvalue weighted by Crippen LogP contribution is -2.44. The van der Waals surface area contributed by atoms with Gasteiger partial charge in [-0.15, -0.1) is 0 Å². The molecule has 0 aromatic heterocycles. The van der Waals surface area contributed by atoms with Gasteiger partial charge < -0.3 is 10.1 Å². The number of aliphatic imine (C=N–C) groups is 1. The third-order valence-corrected chi connectivity index (χ3v) is 4.96. The summed E-state index contributed by atoms with van der Waals surface area (Å²) in [5.41, 5.74) is 0.883. The van der Waals surface area contributed by atoms with Gasteiger partial charge in [0.2, 0.25) is 0 Å². The fraction of sp³-hybridized carbons (Fsp3) is 0.467. The second-order valence-electron chi connectivity index (χ2n) is 4.98. The molecule has 7 heteroatoms. The van der Waals surface area contributed by atoms with Gasteiger partial charge in [0, 0.05) is 37.1 Å².